The molecule has 0 amide bonds. The normalized spacial score (nSPS) is 11.1. The largest absolute Gasteiger partial charge is 0.392 e. The lowest BCUT2D eigenvalue weighted by molar-refractivity contribution is 0.276. The van der Waals surface area contributed by atoms with Crippen molar-refractivity contribution >= 4 is 5.65 Å². The molecule has 2 aromatic carbocycles. The van der Waals surface area contributed by atoms with Gasteiger partial charge in [0.2, 0.25) is 0 Å². The number of aliphatic hydroxyl groups excluding tert-OH is 1. The van der Waals surface area contributed by atoms with Crippen molar-refractivity contribution in [2.24, 2.45) is 0 Å². The zero-order valence-electron chi connectivity index (χ0n) is 12.8. The standard InChI is InChI=1S/C20H14FN2O/c21-18-8-4-7-16(17(18)13-24)15-9-10-20-22-19(12-23(20)11-15)14-5-2-1-3-6-14/h2-12,24H,13H2. The van der Waals surface area contributed by atoms with Gasteiger partial charge in [0, 0.05) is 23.5 Å². The maximum Gasteiger partial charge on any atom is 0.137 e. The van der Waals surface area contributed by atoms with Gasteiger partial charge in [-0.05, 0) is 35.4 Å². The van der Waals surface area contributed by atoms with Crippen LogP contribution < -0.4 is 0 Å². The molecule has 0 spiro atoms. The predicted molar refractivity (Wildman–Crippen MR) is 90.8 cm³/mol. The number of pyridine rings is 1. The van der Waals surface area contributed by atoms with Gasteiger partial charge in [-0.15, -0.1) is 0 Å². The number of fused-ring (bicyclic) bond motifs is 1. The number of hydrogen-bond donors (Lipinski definition) is 1. The lowest BCUT2D eigenvalue weighted by atomic mass is 10.0. The maximum atomic E-state index is 13.9. The van der Waals surface area contributed by atoms with E-state index in [0.29, 0.717) is 11.1 Å². The average Bonchev–Trinajstić information content (AvgIpc) is 3.05. The summed E-state index contributed by atoms with van der Waals surface area (Å²) < 4.78 is 15.8. The van der Waals surface area contributed by atoms with Crippen molar-refractivity contribution in [1.29, 1.82) is 0 Å². The molecule has 4 aromatic rings. The van der Waals surface area contributed by atoms with Gasteiger partial charge in [0.05, 0.1) is 12.3 Å². The molecular formula is C20H14FN2O. The Bertz CT molecular complexity index is 1010. The summed E-state index contributed by atoms with van der Waals surface area (Å²) in [5.74, 6) is -0.401. The maximum absolute atomic E-state index is 13.9. The van der Waals surface area contributed by atoms with Gasteiger partial charge in [-0.3, -0.25) is 0 Å². The summed E-state index contributed by atoms with van der Waals surface area (Å²) in [6, 6.07) is 19.2. The number of aromatic nitrogens is 2. The molecule has 1 radical (unpaired) electrons. The first-order valence-corrected chi connectivity index (χ1v) is 7.60. The van der Waals surface area contributed by atoms with Gasteiger partial charge in [-0.1, -0.05) is 36.4 Å². The third-order valence-corrected chi connectivity index (χ3v) is 4.05. The monoisotopic (exact) mass is 317 g/mol. The van der Waals surface area contributed by atoms with Crippen molar-refractivity contribution in [3.63, 3.8) is 0 Å². The molecular weight excluding hydrogens is 303 g/mol. The van der Waals surface area contributed by atoms with Crippen LogP contribution in [-0.4, -0.2) is 14.5 Å². The molecule has 3 nitrogen and oxygen atoms in total. The van der Waals surface area contributed by atoms with Gasteiger partial charge >= 0.3 is 0 Å². The van der Waals surface area contributed by atoms with Crippen LogP contribution in [-0.2, 0) is 6.61 Å². The van der Waals surface area contributed by atoms with Crippen molar-refractivity contribution in [2.75, 3.05) is 0 Å². The minimum Gasteiger partial charge on any atom is -0.392 e. The van der Waals surface area contributed by atoms with Crippen molar-refractivity contribution in [1.82, 2.24) is 9.38 Å². The first-order valence-electron chi connectivity index (χ1n) is 7.60. The van der Waals surface area contributed by atoms with Gasteiger partial charge in [-0.25, -0.2) is 9.37 Å². The molecule has 4 rings (SSSR count). The second kappa shape index (κ2) is 5.91. The van der Waals surface area contributed by atoms with E-state index in [2.05, 4.69) is 11.1 Å². The lowest BCUT2D eigenvalue weighted by Gasteiger charge is -2.09. The van der Waals surface area contributed by atoms with Gasteiger partial charge in [0.25, 0.3) is 0 Å². The Morgan fingerprint density at radius 2 is 1.83 bits per heavy atom. The SMILES string of the molecule is OCc1c(F)cccc1-c1ccc2nc(-c3cc[c]cc3)cn2c1. The summed E-state index contributed by atoms with van der Waals surface area (Å²) >= 11 is 0. The van der Waals surface area contributed by atoms with E-state index < -0.39 is 5.82 Å². The molecule has 0 aliphatic carbocycles. The third-order valence-electron chi connectivity index (χ3n) is 4.05. The van der Waals surface area contributed by atoms with Crippen LogP contribution in [0.15, 0.2) is 67.0 Å². The van der Waals surface area contributed by atoms with Crippen molar-refractivity contribution in [3.8, 4) is 22.4 Å². The minimum absolute atomic E-state index is 0.302. The fourth-order valence-electron chi connectivity index (χ4n) is 2.84. The number of hydrogen-bond acceptors (Lipinski definition) is 2. The molecule has 2 heterocycles. The molecule has 0 bridgehead atoms. The minimum atomic E-state index is -0.401. The fourth-order valence-corrected chi connectivity index (χ4v) is 2.84. The van der Waals surface area contributed by atoms with E-state index >= 15 is 0 Å². The summed E-state index contributed by atoms with van der Waals surface area (Å²) in [5, 5.41) is 9.46. The molecule has 0 aliphatic heterocycles. The van der Waals surface area contributed by atoms with Gasteiger partial charge in [0.15, 0.2) is 0 Å². The second-order valence-electron chi connectivity index (χ2n) is 5.52. The molecule has 0 unspecified atom stereocenters. The summed E-state index contributed by atoms with van der Waals surface area (Å²) in [6.07, 6.45) is 3.83. The number of imidazole rings is 1. The quantitative estimate of drug-likeness (QED) is 0.618. The second-order valence-corrected chi connectivity index (χ2v) is 5.52. The highest BCUT2D eigenvalue weighted by Gasteiger charge is 2.11. The van der Waals surface area contributed by atoms with Crippen LogP contribution in [0.5, 0.6) is 0 Å². The Morgan fingerprint density at radius 3 is 2.62 bits per heavy atom. The van der Waals surface area contributed by atoms with Crippen LogP contribution in [0.4, 0.5) is 4.39 Å². The molecule has 0 fully saturated rings. The summed E-state index contributed by atoms with van der Waals surface area (Å²) in [7, 11) is 0. The Morgan fingerprint density at radius 1 is 1.00 bits per heavy atom. The molecule has 2 aromatic heterocycles. The Kier molecular flexibility index (Phi) is 3.59. The highest BCUT2D eigenvalue weighted by Crippen LogP contribution is 2.27. The van der Waals surface area contributed by atoms with Gasteiger partial charge in [0.1, 0.15) is 11.5 Å². The molecule has 4 heteroatoms. The Labute approximate surface area is 138 Å². The molecule has 117 valence electrons. The van der Waals surface area contributed by atoms with Crippen LogP contribution in [0.2, 0.25) is 0 Å². The average molecular weight is 317 g/mol. The van der Waals surface area contributed by atoms with E-state index in [1.165, 1.54) is 6.07 Å². The predicted octanol–water partition coefficient (Wildman–Crippen LogP) is 4.10. The third kappa shape index (κ3) is 2.47. The van der Waals surface area contributed by atoms with E-state index in [-0.39, 0.29) is 6.61 Å². The molecule has 0 atom stereocenters. The van der Waals surface area contributed by atoms with Gasteiger partial charge < -0.3 is 9.51 Å². The van der Waals surface area contributed by atoms with Crippen molar-refractivity contribution in [2.45, 2.75) is 6.61 Å². The van der Waals surface area contributed by atoms with Crippen LogP contribution in [0.3, 0.4) is 0 Å². The van der Waals surface area contributed by atoms with Crippen LogP contribution in [0, 0.1) is 11.9 Å². The topological polar surface area (TPSA) is 37.5 Å². The molecule has 0 saturated heterocycles. The van der Waals surface area contributed by atoms with E-state index in [0.717, 1.165) is 22.5 Å². The Balaban J connectivity index is 1.84. The Hall–Kier alpha value is -2.98. The first kappa shape index (κ1) is 14.6. The molecule has 1 N–H and O–H groups in total. The number of benzene rings is 2. The van der Waals surface area contributed by atoms with E-state index in [1.54, 1.807) is 12.1 Å². The fraction of sp³-hybridized carbons (Fsp3) is 0.0500. The van der Waals surface area contributed by atoms with Crippen LogP contribution >= 0.6 is 0 Å². The summed E-state index contributed by atoms with van der Waals surface area (Å²) in [5.41, 5.74) is 4.50. The number of aliphatic hydroxyl groups is 1. The lowest BCUT2D eigenvalue weighted by Crippen LogP contribution is -1.95. The zero-order chi connectivity index (χ0) is 16.5. The van der Waals surface area contributed by atoms with E-state index in [9.17, 15) is 9.50 Å². The summed E-state index contributed by atoms with van der Waals surface area (Å²) in [4.78, 5) is 4.60. The number of nitrogens with zero attached hydrogens (tertiary/aromatic N) is 2. The number of rotatable bonds is 3. The first-order chi connectivity index (χ1) is 11.8. The molecule has 0 aliphatic rings. The zero-order valence-corrected chi connectivity index (χ0v) is 12.8. The van der Waals surface area contributed by atoms with E-state index in [1.807, 2.05) is 53.2 Å². The van der Waals surface area contributed by atoms with Gasteiger partial charge in [-0.2, -0.15) is 0 Å². The highest BCUT2D eigenvalue weighted by atomic mass is 19.1. The van der Waals surface area contributed by atoms with Crippen LogP contribution in [0.25, 0.3) is 28.0 Å². The number of halogens is 1. The van der Waals surface area contributed by atoms with Crippen LogP contribution in [0.1, 0.15) is 5.56 Å². The molecule has 0 saturated carbocycles. The van der Waals surface area contributed by atoms with E-state index in [4.69, 9.17) is 0 Å². The van der Waals surface area contributed by atoms with Crippen molar-refractivity contribution in [3.05, 3.63) is 84.4 Å². The molecule has 24 heavy (non-hydrogen) atoms. The smallest absolute Gasteiger partial charge is 0.137 e. The summed E-state index contributed by atoms with van der Waals surface area (Å²) in [6.45, 7) is -0.338. The van der Waals surface area contributed by atoms with Crippen molar-refractivity contribution < 1.29 is 9.50 Å². The highest BCUT2D eigenvalue weighted by molar-refractivity contribution is 5.70.